The van der Waals surface area contributed by atoms with Crippen LogP contribution in [0.3, 0.4) is 0 Å². The number of nitrogens with two attached hydrogens (primary N) is 1. The van der Waals surface area contributed by atoms with Gasteiger partial charge in [0.25, 0.3) is 0 Å². The van der Waals surface area contributed by atoms with Crippen molar-refractivity contribution in [3.8, 4) is 11.4 Å². The SMILES string of the molecule is NC(=O)Cn1ccnc1-c1cccc(C(F)(F)F)c1. The Bertz CT molecular complexity index is 604. The summed E-state index contributed by atoms with van der Waals surface area (Å²) in [5.41, 5.74) is 4.58. The van der Waals surface area contributed by atoms with Crippen LogP contribution < -0.4 is 5.73 Å². The average molecular weight is 269 g/mol. The molecule has 2 N–H and O–H groups in total. The minimum absolute atomic E-state index is 0.133. The van der Waals surface area contributed by atoms with Gasteiger partial charge in [-0.15, -0.1) is 0 Å². The molecule has 0 bridgehead atoms. The number of benzene rings is 1. The molecule has 0 aliphatic heterocycles. The number of carbonyl (C=O) groups is 1. The second kappa shape index (κ2) is 4.75. The minimum atomic E-state index is -4.42. The Kier molecular flexibility index (Phi) is 3.28. The molecule has 4 nitrogen and oxygen atoms in total. The maximum atomic E-state index is 12.6. The predicted octanol–water partition coefficient (Wildman–Crippen LogP) is 2.05. The zero-order valence-electron chi connectivity index (χ0n) is 9.69. The Morgan fingerprint density at radius 1 is 1.37 bits per heavy atom. The summed E-state index contributed by atoms with van der Waals surface area (Å²) in [6.45, 7) is -0.133. The van der Waals surface area contributed by atoms with Gasteiger partial charge in [-0.25, -0.2) is 4.98 Å². The maximum Gasteiger partial charge on any atom is 0.416 e. The molecule has 1 amide bonds. The van der Waals surface area contributed by atoms with Crippen molar-refractivity contribution in [2.24, 2.45) is 5.73 Å². The first kappa shape index (κ1) is 13.1. The summed E-state index contributed by atoms with van der Waals surface area (Å²) in [6.07, 6.45) is -1.53. The zero-order valence-corrected chi connectivity index (χ0v) is 9.69. The van der Waals surface area contributed by atoms with Gasteiger partial charge in [0.15, 0.2) is 0 Å². The standard InChI is InChI=1S/C12H10F3N3O/c13-12(14,15)9-3-1-2-8(6-9)11-17-4-5-18(11)7-10(16)19/h1-6H,7H2,(H2,16,19). The van der Waals surface area contributed by atoms with Crippen LogP contribution in [0.25, 0.3) is 11.4 Å². The van der Waals surface area contributed by atoms with Crippen molar-refractivity contribution >= 4 is 5.91 Å². The summed E-state index contributed by atoms with van der Waals surface area (Å²) in [6, 6.07) is 4.75. The van der Waals surface area contributed by atoms with Crippen LogP contribution >= 0.6 is 0 Å². The number of primary amides is 1. The topological polar surface area (TPSA) is 60.9 Å². The lowest BCUT2D eigenvalue weighted by Gasteiger charge is -2.09. The van der Waals surface area contributed by atoms with Crippen LogP contribution in [0.4, 0.5) is 13.2 Å². The molecule has 0 spiro atoms. The highest BCUT2D eigenvalue weighted by Crippen LogP contribution is 2.31. The number of nitrogens with zero attached hydrogens (tertiary/aromatic N) is 2. The van der Waals surface area contributed by atoms with Crippen LogP contribution in [-0.4, -0.2) is 15.5 Å². The quantitative estimate of drug-likeness (QED) is 0.927. The van der Waals surface area contributed by atoms with Crippen molar-refractivity contribution < 1.29 is 18.0 Å². The van der Waals surface area contributed by atoms with Crippen molar-refractivity contribution in [3.05, 3.63) is 42.2 Å². The Labute approximate surface area is 106 Å². The van der Waals surface area contributed by atoms with Crippen LogP contribution in [0, 0.1) is 0 Å². The number of alkyl halides is 3. The average Bonchev–Trinajstić information content (AvgIpc) is 2.75. The molecular weight excluding hydrogens is 259 g/mol. The minimum Gasteiger partial charge on any atom is -0.368 e. The number of rotatable bonds is 3. The third kappa shape index (κ3) is 2.93. The Morgan fingerprint density at radius 2 is 2.11 bits per heavy atom. The third-order valence-corrected chi connectivity index (χ3v) is 2.49. The van der Waals surface area contributed by atoms with Gasteiger partial charge < -0.3 is 10.3 Å². The van der Waals surface area contributed by atoms with Gasteiger partial charge >= 0.3 is 6.18 Å². The first-order chi connectivity index (χ1) is 8.88. The number of halogens is 3. The van der Waals surface area contributed by atoms with E-state index in [0.29, 0.717) is 0 Å². The molecule has 7 heteroatoms. The number of aromatic nitrogens is 2. The fourth-order valence-electron chi connectivity index (χ4n) is 1.70. The molecule has 0 aliphatic rings. The molecule has 100 valence electrons. The maximum absolute atomic E-state index is 12.6. The fourth-order valence-corrected chi connectivity index (χ4v) is 1.70. The van der Waals surface area contributed by atoms with Gasteiger partial charge in [0.05, 0.1) is 5.56 Å². The fraction of sp³-hybridized carbons (Fsp3) is 0.167. The zero-order chi connectivity index (χ0) is 14.0. The van der Waals surface area contributed by atoms with E-state index < -0.39 is 17.6 Å². The molecule has 2 rings (SSSR count). The van der Waals surface area contributed by atoms with Crippen molar-refractivity contribution in [2.45, 2.75) is 12.7 Å². The molecule has 1 aromatic heterocycles. The molecular formula is C12H10F3N3O. The van der Waals surface area contributed by atoms with Gasteiger partial charge in [0, 0.05) is 18.0 Å². The highest BCUT2D eigenvalue weighted by atomic mass is 19.4. The van der Waals surface area contributed by atoms with Gasteiger partial charge in [-0.2, -0.15) is 13.2 Å². The van der Waals surface area contributed by atoms with Gasteiger partial charge in [0.1, 0.15) is 12.4 Å². The lowest BCUT2D eigenvalue weighted by atomic mass is 10.1. The van der Waals surface area contributed by atoms with E-state index in [1.54, 1.807) is 0 Å². The molecule has 2 aromatic rings. The highest BCUT2D eigenvalue weighted by Gasteiger charge is 2.30. The predicted molar refractivity (Wildman–Crippen MR) is 61.9 cm³/mol. The lowest BCUT2D eigenvalue weighted by Crippen LogP contribution is -2.18. The Balaban J connectivity index is 2.42. The van der Waals surface area contributed by atoms with E-state index in [2.05, 4.69) is 4.98 Å². The first-order valence-electron chi connectivity index (χ1n) is 5.35. The van der Waals surface area contributed by atoms with Gasteiger partial charge in [-0.05, 0) is 12.1 Å². The van der Waals surface area contributed by atoms with Crippen LogP contribution in [0.5, 0.6) is 0 Å². The monoisotopic (exact) mass is 269 g/mol. The van der Waals surface area contributed by atoms with Crippen LogP contribution in [-0.2, 0) is 17.5 Å². The molecule has 0 atom stereocenters. The lowest BCUT2D eigenvalue weighted by molar-refractivity contribution is -0.137. The van der Waals surface area contributed by atoms with Gasteiger partial charge in [-0.3, -0.25) is 4.79 Å². The third-order valence-electron chi connectivity index (χ3n) is 2.49. The van der Waals surface area contributed by atoms with Crippen LogP contribution in [0.1, 0.15) is 5.56 Å². The van der Waals surface area contributed by atoms with Gasteiger partial charge in [-0.1, -0.05) is 12.1 Å². The van der Waals surface area contributed by atoms with E-state index in [1.807, 2.05) is 0 Å². The van der Waals surface area contributed by atoms with Crippen molar-refractivity contribution in [3.63, 3.8) is 0 Å². The van der Waals surface area contributed by atoms with E-state index in [0.717, 1.165) is 12.1 Å². The number of amides is 1. The van der Waals surface area contributed by atoms with Crippen molar-refractivity contribution in [1.29, 1.82) is 0 Å². The van der Waals surface area contributed by atoms with E-state index in [1.165, 1.54) is 29.1 Å². The molecule has 0 saturated heterocycles. The molecule has 0 saturated carbocycles. The van der Waals surface area contributed by atoms with Crippen molar-refractivity contribution in [1.82, 2.24) is 9.55 Å². The van der Waals surface area contributed by atoms with Crippen molar-refractivity contribution in [2.75, 3.05) is 0 Å². The van der Waals surface area contributed by atoms with E-state index >= 15 is 0 Å². The second-order valence-electron chi connectivity index (χ2n) is 3.92. The molecule has 0 radical (unpaired) electrons. The normalized spacial score (nSPS) is 11.5. The molecule has 0 fully saturated rings. The summed E-state index contributed by atoms with van der Waals surface area (Å²) in [7, 11) is 0. The largest absolute Gasteiger partial charge is 0.416 e. The smallest absolute Gasteiger partial charge is 0.368 e. The summed E-state index contributed by atoms with van der Waals surface area (Å²) in [4.78, 5) is 14.8. The molecule has 1 aromatic carbocycles. The van der Waals surface area contributed by atoms with E-state index in [9.17, 15) is 18.0 Å². The van der Waals surface area contributed by atoms with Crippen LogP contribution in [0.15, 0.2) is 36.7 Å². The number of imidazole rings is 1. The highest BCUT2D eigenvalue weighted by molar-refractivity contribution is 5.74. The van der Waals surface area contributed by atoms with Gasteiger partial charge in [0.2, 0.25) is 5.91 Å². The second-order valence-corrected chi connectivity index (χ2v) is 3.92. The Morgan fingerprint density at radius 3 is 2.74 bits per heavy atom. The summed E-state index contributed by atoms with van der Waals surface area (Å²) in [5, 5.41) is 0. The molecule has 19 heavy (non-hydrogen) atoms. The molecule has 0 aliphatic carbocycles. The summed E-state index contributed by atoms with van der Waals surface area (Å²) >= 11 is 0. The molecule has 0 unspecified atom stereocenters. The van der Waals surface area contributed by atoms with E-state index in [-0.39, 0.29) is 17.9 Å². The number of carbonyl (C=O) groups excluding carboxylic acids is 1. The number of hydrogen-bond acceptors (Lipinski definition) is 2. The van der Waals surface area contributed by atoms with E-state index in [4.69, 9.17) is 5.73 Å². The summed E-state index contributed by atoms with van der Waals surface area (Å²) < 4.78 is 39.3. The molecule has 1 heterocycles. The number of hydrogen-bond donors (Lipinski definition) is 1. The Hall–Kier alpha value is -2.31. The van der Waals surface area contributed by atoms with Crippen LogP contribution in [0.2, 0.25) is 0 Å². The first-order valence-corrected chi connectivity index (χ1v) is 5.35. The summed E-state index contributed by atoms with van der Waals surface area (Å²) in [5.74, 6) is -0.323.